The zero-order valence-corrected chi connectivity index (χ0v) is 15.9. The van der Waals surface area contributed by atoms with Crippen molar-refractivity contribution in [3.63, 3.8) is 0 Å². The molecule has 8 heteroatoms. The van der Waals surface area contributed by atoms with Crippen LogP contribution in [0.25, 0.3) is 0 Å². The minimum Gasteiger partial charge on any atom is -0.321 e. The van der Waals surface area contributed by atoms with Crippen molar-refractivity contribution in [1.82, 2.24) is 0 Å². The van der Waals surface area contributed by atoms with Gasteiger partial charge in [0.05, 0.1) is 12.6 Å². The zero-order valence-electron chi connectivity index (χ0n) is 15.9. The van der Waals surface area contributed by atoms with E-state index in [9.17, 15) is 22.8 Å². The van der Waals surface area contributed by atoms with Crippen LogP contribution in [0.1, 0.15) is 18.1 Å². The number of hydrogen-bond donors (Lipinski definition) is 3. The van der Waals surface area contributed by atoms with E-state index in [1.807, 2.05) is 19.1 Å². The molecule has 0 spiro atoms. The molecule has 0 aliphatic carbocycles. The van der Waals surface area contributed by atoms with Crippen LogP contribution in [-0.2, 0) is 15.8 Å². The number of halogens is 3. The van der Waals surface area contributed by atoms with E-state index >= 15 is 0 Å². The second-order valence-electron chi connectivity index (χ2n) is 6.72. The van der Waals surface area contributed by atoms with Crippen molar-refractivity contribution in [2.75, 3.05) is 24.2 Å². The number of quaternary nitrogens is 1. The Morgan fingerprint density at radius 1 is 0.964 bits per heavy atom. The highest BCUT2D eigenvalue weighted by Gasteiger charge is 2.30. The first kappa shape index (κ1) is 21.4. The van der Waals surface area contributed by atoms with Gasteiger partial charge in [-0.1, -0.05) is 17.7 Å². The van der Waals surface area contributed by atoms with Gasteiger partial charge in [-0.3, -0.25) is 9.59 Å². The number of carbonyl (C=O) groups is 2. The molecule has 2 rings (SSSR count). The molecule has 2 aromatic rings. The Morgan fingerprint density at radius 3 is 2.00 bits per heavy atom. The Labute approximate surface area is 161 Å². The maximum absolute atomic E-state index is 12.6. The van der Waals surface area contributed by atoms with Gasteiger partial charge in [-0.15, -0.1) is 0 Å². The number of alkyl halides is 3. The van der Waals surface area contributed by atoms with Crippen molar-refractivity contribution in [2.45, 2.75) is 26.1 Å². The summed E-state index contributed by atoms with van der Waals surface area (Å²) in [7, 11) is 1.70. The molecule has 0 radical (unpaired) electrons. The number of benzene rings is 2. The van der Waals surface area contributed by atoms with Gasteiger partial charge in [0, 0.05) is 11.4 Å². The van der Waals surface area contributed by atoms with Crippen LogP contribution in [0.15, 0.2) is 48.5 Å². The maximum Gasteiger partial charge on any atom is 0.416 e. The Morgan fingerprint density at radius 2 is 1.46 bits per heavy atom. The fourth-order valence-electron chi connectivity index (χ4n) is 2.47. The largest absolute Gasteiger partial charge is 0.416 e. The summed E-state index contributed by atoms with van der Waals surface area (Å²) in [5.74, 6) is -0.629. The molecule has 5 nitrogen and oxygen atoms in total. The highest BCUT2D eigenvalue weighted by molar-refractivity contribution is 5.94. The smallest absolute Gasteiger partial charge is 0.321 e. The minimum atomic E-state index is -4.43. The summed E-state index contributed by atoms with van der Waals surface area (Å²) < 4.78 is 37.8. The third kappa shape index (κ3) is 6.09. The third-order valence-corrected chi connectivity index (χ3v) is 4.39. The number of likely N-dealkylation sites (N-methyl/N-ethyl adjacent to an activating group) is 1. The zero-order chi connectivity index (χ0) is 20.9. The van der Waals surface area contributed by atoms with Crippen molar-refractivity contribution in [3.05, 3.63) is 59.7 Å². The van der Waals surface area contributed by atoms with Crippen molar-refractivity contribution >= 4 is 23.2 Å². The average Bonchev–Trinajstić information content (AvgIpc) is 2.62. The van der Waals surface area contributed by atoms with E-state index in [1.165, 1.54) is 12.1 Å². The number of anilines is 2. The molecule has 150 valence electrons. The van der Waals surface area contributed by atoms with Gasteiger partial charge in [0.25, 0.3) is 11.8 Å². The first-order valence-corrected chi connectivity index (χ1v) is 8.73. The second kappa shape index (κ2) is 8.88. The molecule has 0 bridgehead atoms. The number of hydrogen-bond acceptors (Lipinski definition) is 2. The van der Waals surface area contributed by atoms with Gasteiger partial charge in [0.15, 0.2) is 12.6 Å². The number of aryl methyl sites for hydroxylation is 1. The SMILES string of the molecule is Cc1ccc(NC(=O)C[NH+](C)[C@H](C)C(=O)Nc2ccc(C(F)(F)F)cc2)cc1. The summed E-state index contributed by atoms with van der Waals surface area (Å²) in [6.45, 7) is 3.66. The predicted molar refractivity (Wildman–Crippen MR) is 101 cm³/mol. The summed E-state index contributed by atoms with van der Waals surface area (Å²) in [5, 5.41) is 5.34. The third-order valence-electron chi connectivity index (χ3n) is 4.39. The molecule has 2 atom stereocenters. The quantitative estimate of drug-likeness (QED) is 0.705. The van der Waals surface area contributed by atoms with Gasteiger partial charge in [0.2, 0.25) is 0 Å². The molecule has 0 saturated carbocycles. The van der Waals surface area contributed by atoms with Crippen molar-refractivity contribution < 1.29 is 27.7 Å². The second-order valence-corrected chi connectivity index (χ2v) is 6.72. The Kier molecular flexibility index (Phi) is 6.80. The fourth-order valence-corrected chi connectivity index (χ4v) is 2.47. The molecule has 0 aliphatic heterocycles. The number of amides is 2. The van der Waals surface area contributed by atoms with Crippen molar-refractivity contribution in [1.29, 1.82) is 0 Å². The van der Waals surface area contributed by atoms with E-state index < -0.39 is 17.8 Å². The van der Waals surface area contributed by atoms with Crippen LogP contribution >= 0.6 is 0 Å². The summed E-state index contributed by atoms with van der Waals surface area (Å²) in [6, 6.07) is 11.0. The maximum atomic E-state index is 12.6. The van der Waals surface area contributed by atoms with Crippen molar-refractivity contribution in [2.24, 2.45) is 0 Å². The van der Waals surface area contributed by atoms with Crippen molar-refractivity contribution in [3.8, 4) is 0 Å². The predicted octanol–water partition coefficient (Wildman–Crippen LogP) is 2.49. The molecule has 0 fully saturated rings. The van der Waals surface area contributed by atoms with E-state index in [0.29, 0.717) is 10.6 Å². The van der Waals surface area contributed by atoms with Gasteiger partial charge in [-0.2, -0.15) is 13.2 Å². The first-order chi connectivity index (χ1) is 13.1. The highest BCUT2D eigenvalue weighted by atomic mass is 19.4. The lowest BCUT2D eigenvalue weighted by Crippen LogP contribution is -3.14. The lowest BCUT2D eigenvalue weighted by Gasteiger charge is -2.20. The lowest BCUT2D eigenvalue weighted by atomic mass is 10.2. The van der Waals surface area contributed by atoms with Gasteiger partial charge < -0.3 is 15.5 Å². The molecule has 28 heavy (non-hydrogen) atoms. The van der Waals surface area contributed by atoms with E-state index in [4.69, 9.17) is 0 Å². The molecule has 0 saturated heterocycles. The monoisotopic (exact) mass is 394 g/mol. The van der Waals surface area contributed by atoms with Crippen LogP contribution in [0, 0.1) is 6.92 Å². The van der Waals surface area contributed by atoms with Crippen LogP contribution in [0.5, 0.6) is 0 Å². The first-order valence-electron chi connectivity index (χ1n) is 8.73. The van der Waals surface area contributed by atoms with Crippen LogP contribution in [0.4, 0.5) is 24.5 Å². The summed E-state index contributed by atoms with van der Waals surface area (Å²) in [6.07, 6.45) is -4.43. The Hall–Kier alpha value is -2.87. The van der Waals surface area contributed by atoms with Gasteiger partial charge in [0.1, 0.15) is 0 Å². The van der Waals surface area contributed by atoms with Crippen LogP contribution in [0.3, 0.4) is 0 Å². The molecule has 1 unspecified atom stereocenters. The van der Waals surface area contributed by atoms with E-state index in [2.05, 4.69) is 10.6 Å². The van der Waals surface area contributed by atoms with E-state index in [0.717, 1.165) is 17.7 Å². The van der Waals surface area contributed by atoms with Crippen LogP contribution < -0.4 is 15.5 Å². The summed E-state index contributed by atoms with van der Waals surface area (Å²) in [4.78, 5) is 25.1. The molecule has 2 amide bonds. The normalized spacial score (nSPS) is 13.5. The summed E-state index contributed by atoms with van der Waals surface area (Å²) in [5.41, 5.74) is 1.23. The average molecular weight is 394 g/mol. The number of rotatable bonds is 6. The molecule has 2 aromatic carbocycles. The lowest BCUT2D eigenvalue weighted by molar-refractivity contribution is -0.885. The molecular formula is C20H23F3N3O2+. The molecule has 0 aromatic heterocycles. The standard InChI is InChI=1S/C20H22F3N3O2/c1-13-4-8-16(9-5-13)24-18(27)12-26(3)14(2)19(28)25-17-10-6-15(7-11-17)20(21,22)23/h4-11,14H,12H2,1-3H3,(H,24,27)(H,25,28)/p+1/t14-/m1/s1. The fraction of sp³-hybridized carbons (Fsp3) is 0.300. The summed E-state index contributed by atoms with van der Waals surface area (Å²) >= 11 is 0. The molecule has 0 aliphatic rings. The van der Waals surface area contributed by atoms with Crippen LogP contribution in [-0.4, -0.2) is 31.4 Å². The highest BCUT2D eigenvalue weighted by Crippen LogP contribution is 2.29. The van der Waals surface area contributed by atoms with Gasteiger partial charge >= 0.3 is 6.18 Å². The minimum absolute atomic E-state index is 0.0650. The van der Waals surface area contributed by atoms with Gasteiger partial charge in [-0.05, 0) is 50.2 Å². The van der Waals surface area contributed by atoms with E-state index in [-0.39, 0.29) is 24.0 Å². The Balaban J connectivity index is 1.89. The number of nitrogens with one attached hydrogen (secondary N) is 3. The topological polar surface area (TPSA) is 62.6 Å². The van der Waals surface area contributed by atoms with Crippen LogP contribution in [0.2, 0.25) is 0 Å². The van der Waals surface area contributed by atoms with Gasteiger partial charge in [-0.25, -0.2) is 0 Å². The molecular weight excluding hydrogens is 371 g/mol. The number of carbonyl (C=O) groups excluding carboxylic acids is 2. The Bertz CT molecular complexity index is 818. The van der Waals surface area contributed by atoms with E-state index in [1.54, 1.807) is 26.1 Å². The molecule has 3 N–H and O–H groups in total. The molecule has 0 heterocycles.